The summed E-state index contributed by atoms with van der Waals surface area (Å²) in [6, 6.07) is 0.619. The molecule has 0 atom stereocenters. The van der Waals surface area contributed by atoms with Crippen LogP contribution in [0.3, 0.4) is 0 Å². The van der Waals surface area contributed by atoms with Gasteiger partial charge in [0.1, 0.15) is 0 Å². The van der Waals surface area contributed by atoms with Crippen molar-refractivity contribution in [1.82, 2.24) is 10.2 Å². The van der Waals surface area contributed by atoms with Gasteiger partial charge in [-0.05, 0) is 52.8 Å². The Balaban J connectivity index is 2.54. The van der Waals surface area contributed by atoms with Gasteiger partial charge in [0.15, 0.2) is 5.11 Å². The van der Waals surface area contributed by atoms with E-state index in [0.717, 1.165) is 12.8 Å². The fourth-order valence-electron chi connectivity index (χ4n) is 2.70. The predicted molar refractivity (Wildman–Crippen MR) is 79.4 cm³/mol. The molecule has 1 N–H and O–H groups in total. The van der Waals surface area contributed by atoms with E-state index in [1.807, 2.05) is 0 Å². The second-order valence-corrected chi connectivity index (χ2v) is 6.11. The summed E-state index contributed by atoms with van der Waals surface area (Å²) in [6.45, 7) is 8.39. The van der Waals surface area contributed by atoms with Crippen LogP contribution in [0.2, 0.25) is 0 Å². The van der Waals surface area contributed by atoms with E-state index < -0.39 is 0 Å². The molecule has 1 saturated carbocycles. The number of thiocarbonyl (C=S) groups is 1. The number of amides is 1. The van der Waals surface area contributed by atoms with Crippen LogP contribution in [0.25, 0.3) is 0 Å². The standard InChI is InChI=1S/C14H26N2OS/c1-10(2)16(11(3)4)14(18)15-13(17)12-8-6-5-7-9-12/h10-12H,5-9H2,1-4H3,(H,15,17,18). The van der Waals surface area contributed by atoms with Gasteiger partial charge in [-0.25, -0.2) is 0 Å². The maximum atomic E-state index is 12.1. The highest BCUT2D eigenvalue weighted by molar-refractivity contribution is 7.80. The van der Waals surface area contributed by atoms with Gasteiger partial charge in [0, 0.05) is 18.0 Å². The Kier molecular flexibility index (Phi) is 6.06. The zero-order chi connectivity index (χ0) is 13.7. The van der Waals surface area contributed by atoms with E-state index in [1.54, 1.807) is 0 Å². The number of nitrogens with zero attached hydrogens (tertiary/aromatic N) is 1. The van der Waals surface area contributed by atoms with Gasteiger partial charge in [-0.15, -0.1) is 0 Å². The first-order chi connectivity index (χ1) is 8.43. The van der Waals surface area contributed by atoms with Crippen LogP contribution in [0.1, 0.15) is 59.8 Å². The van der Waals surface area contributed by atoms with Crippen molar-refractivity contribution in [2.75, 3.05) is 0 Å². The highest BCUT2D eigenvalue weighted by Gasteiger charge is 2.24. The minimum atomic E-state index is 0.117. The molecule has 0 bridgehead atoms. The molecule has 0 saturated heterocycles. The van der Waals surface area contributed by atoms with Gasteiger partial charge in [0.25, 0.3) is 0 Å². The molecule has 0 aromatic carbocycles. The largest absolute Gasteiger partial charge is 0.344 e. The Morgan fingerprint density at radius 1 is 1.11 bits per heavy atom. The average molecular weight is 270 g/mol. The Bertz CT molecular complexity index is 288. The lowest BCUT2D eigenvalue weighted by Crippen LogP contribution is -2.50. The zero-order valence-electron chi connectivity index (χ0n) is 12.0. The molecule has 3 nitrogen and oxygen atoms in total. The first kappa shape index (κ1) is 15.4. The van der Waals surface area contributed by atoms with Gasteiger partial charge >= 0.3 is 0 Å². The van der Waals surface area contributed by atoms with E-state index in [1.165, 1.54) is 19.3 Å². The quantitative estimate of drug-likeness (QED) is 0.800. The summed E-state index contributed by atoms with van der Waals surface area (Å²) in [5, 5.41) is 3.51. The second-order valence-electron chi connectivity index (χ2n) is 5.72. The minimum absolute atomic E-state index is 0.117. The normalized spacial score (nSPS) is 17.0. The molecule has 0 aromatic heterocycles. The van der Waals surface area contributed by atoms with Crippen molar-refractivity contribution in [2.45, 2.75) is 71.9 Å². The topological polar surface area (TPSA) is 32.3 Å². The predicted octanol–water partition coefficient (Wildman–Crippen LogP) is 3.09. The third-order valence-electron chi connectivity index (χ3n) is 3.55. The maximum Gasteiger partial charge on any atom is 0.229 e. The van der Waals surface area contributed by atoms with E-state index in [2.05, 4.69) is 37.9 Å². The Morgan fingerprint density at radius 2 is 1.61 bits per heavy atom. The molecule has 0 aliphatic heterocycles. The molecule has 1 fully saturated rings. The van der Waals surface area contributed by atoms with Gasteiger partial charge in [0.05, 0.1) is 0 Å². The molecule has 104 valence electrons. The molecule has 0 aromatic rings. The molecular weight excluding hydrogens is 244 g/mol. The van der Waals surface area contributed by atoms with Crippen LogP contribution in [0.4, 0.5) is 0 Å². The van der Waals surface area contributed by atoms with Crippen LogP contribution in [0, 0.1) is 5.92 Å². The highest BCUT2D eigenvalue weighted by Crippen LogP contribution is 2.23. The summed E-state index contributed by atoms with van der Waals surface area (Å²) >= 11 is 5.37. The van der Waals surface area contributed by atoms with Gasteiger partial charge in [-0.3, -0.25) is 4.79 Å². The van der Waals surface area contributed by atoms with Gasteiger partial charge < -0.3 is 10.2 Å². The van der Waals surface area contributed by atoms with Crippen molar-refractivity contribution >= 4 is 23.2 Å². The average Bonchev–Trinajstić information content (AvgIpc) is 2.28. The fourth-order valence-corrected chi connectivity index (χ4v) is 3.22. The summed E-state index contributed by atoms with van der Waals surface area (Å²) in [6.07, 6.45) is 5.62. The molecule has 0 spiro atoms. The van der Waals surface area contributed by atoms with Crippen LogP contribution in [0.5, 0.6) is 0 Å². The van der Waals surface area contributed by atoms with Crippen molar-refractivity contribution in [3.8, 4) is 0 Å². The third kappa shape index (κ3) is 4.23. The lowest BCUT2D eigenvalue weighted by atomic mass is 9.89. The molecule has 1 amide bonds. The summed E-state index contributed by atoms with van der Waals surface area (Å²) in [4.78, 5) is 14.2. The summed E-state index contributed by atoms with van der Waals surface area (Å²) < 4.78 is 0. The Labute approximate surface area is 116 Å². The van der Waals surface area contributed by atoms with Crippen molar-refractivity contribution in [3.05, 3.63) is 0 Å². The SMILES string of the molecule is CC(C)N(C(=S)NC(=O)C1CCCCC1)C(C)C. The zero-order valence-corrected chi connectivity index (χ0v) is 12.8. The lowest BCUT2D eigenvalue weighted by Gasteiger charge is -2.33. The van der Waals surface area contributed by atoms with Crippen molar-refractivity contribution in [3.63, 3.8) is 0 Å². The molecule has 1 aliphatic carbocycles. The summed E-state index contributed by atoms with van der Waals surface area (Å²) in [5.74, 6) is 0.281. The van der Waals surface area contributed by atoms with Crippen LogP contribution in [0.15, 0.2) is 0 Å². The molecule has 1 rings (SSSR count). The van der Waals surface area contributed by atoms with E-state index in [4.69, 9.17) is 12.2 Å². The van der Waals surface area contributed by atoms with Crippen molar-refractivity contribution in [1.29, 1.82) is 0 Å². The number of hydrogen-bond acceptors (Lipinski definition) is 2. The van der Waals surface area contributed by atoms with Crippen molar-refractivity contribution < 1.29 is 4.79 Å². The van der Waals surface area contributed by atoms with Crippen LogP contribution in [-0.4, -0.2) is 28.0 Å². The smallest absolute Gasteiger partial charge is 0.229 e. The van der Waals surface area contributed by atoms with Gasteiger partial charge in [-0.1, -0.05) is 19.3 Å². The van der Waals surface area contributed by atoms with Crippen LogP contribution < -0.4 is 5.32 Å². The number of nitrogens with one attached hydrogen (secondary N) is 1. The Hall–Kier alpha value is -0.640. The van der Waals surface area contributed by atoms with Crippen LogP contribution in [-0.2, 0) is 4.79 Å². The monoisotopic (exact) mass is 270 g/mol. The highest BCUT2D eigenvalue weighted by atomic mass is 32.1. The lowest BCUT2D eigenvalue weighted by molar-refractivity contribution is -0.124. The molecular formula is C14H26N2OS. The van der Waals surface area contributed by atoms with E-state index in [-0.39, 0.29) is 11.8 Å². The second kappa shape index (κ2) is 7.07. The van der Waals surface area contributed by atoms with Crippen molar-refractivity contribution in [2.24, 2.45) is 5.92 Å². The Morgan fingerprint density at radius 3 is 2.06 bits per heavy atom. The number of carbonyl (C=O) groups excluding carboxylic acids is 1. The molecule has 4 heteroatoms. The summed E-state index contributed by atoms with van der Waals surface area (Å²) in [7, 11) is 0. The fraction of sp³-hybridized carbons (Fsp3) is 0.857. The molecule has 1 aliphatic rings. The molecule has 18 heavy (non-hydrogen) atoms. The van der Waals surface area contributed by atoms with Crippen LogP contribution >= 0.6 is 12.2 Å². The third-order valence-corrected chi connectivity index (χ3v) is 3.87. The van der Waals surface area contributed by atoms with Gasteiger partial charge in [0.2, 0.25) is 5.91 Å². The van der Waals surface area contributed by atoms with E-state index in [0.29, 0.717) is 17.2 Å². The molecule has 0 unspecified atom stereocenters. The first-order valence-electron chi connectivity index (χ1n) is 7.06. The summed E-state index contributed by atoms with van der Waals surface area (Å²) in [5.41, 5.74) is 0. The van der Waals surface area contributed by atoms with Gasteiger partial charge in [-0.2, -0.15) is 0 Å². The van der Waals surface area contributed by atoms with E-state index in [9.17, 15) is 4.79 Å². The van der Waals surface area contributed by atoms with E-state index >= 15 is 0 Å². The molecule has 0 radical (unpaired) electrons. The first-order valence-corrected chi connectivity index (χ1v) is 7.47. The number of hydrogen-bond donors (Lipinski definition) is 1. The molecule has 0 heterocycles. The number of rotatable bonds is 3. The maximum absolute atomic E-state index is 12.1. The number of carbonyl (C=O) groups is 1. The minimum Gasteiger partial charge on any atom is -0.344 e.